The maximum Gasteiger partial charge on any atom is 0.123 e. The predicted molar refractivity (Wildman–Crippen MR) is 60.1 cm³/mol. The van der Waals surface area contributed by atoms with Crippen LogP contribution in [0.2, 0.25) is 0 Å². The lowest BCUT2D eigenvalue weighted by Gasteiger charge is -2.34. The standard InChI is InChI=1S/C11H16N2OS/c1-8-7-15-11(12-8)10-5-13-4-2-3-9(13)6-14-10/h7,9-10H,2-6H2,1H3. The zero-order chi connectivity index (χ0) is 10.3. The van der Waals surface area contributed by atoms with Gasteiger partial charge in [-0.3, -0.25) is 4.90 Å². The molecule has 0 spiro atoms. The molecule has 2 unspecified atom stereocenters. The van der Waals surface area contributed by atoms with Crippen LogP contribution in [0.5, 0.6) is 0 Å². The van der Waals surface area contributed by atoms with Crippen LogP contribution in [0.1, 0.15) is 29.6 Å². The van der Waals surface area contributed by atoms with Gasteiger partial charge in [-0.05, 0) is 26.3 Å². The molecule has 2 aliphatic rings. The summed E-state index contributed by atoms with van der Waals surface area (Å²) < 4.78 is 5.90. The summed E-state index contributed by atoms with van der Waals surface area (Å²) in [6.45, 7) is 5.22. The van der Waals surface area contributed by atoms with Crippen molar-refractivity contribution in [2.45, 2.75) is 31.9 Å². The molecule has 3 rings (SSSR count). The van der Waals surface area contributed by atoms with Gasteiger partial charge in [0, 0.05) is 23.7 Å². The molecule has 2 aliphatic heterocycles. The number of hydrogen-bond acceptors (Lipinski definition) is 4. The predicted octanol–water partition coefficient (Wildman–Crippen LogP) is 1.99. The maximum absolute atomic E-state index is 5.90. The van der Waals surface area contributed by atoms with E-state index in [1.807, 2.05) is 6.92 Å². The summed E-state index contributed by atoms with van der Waals surface area (Å²) in [5, 5.41) is 3.26. The lowest BCUT2D eigenvalue weighted by molar-refractivity contribution is -0.0502. The van der Waals surface area contributed by atoms with Crippen molar-refractivity contribution in [3.05, 3.63) is 16.1 Å². The Kier molecular flexibility index (Phi) is 2.50. The molecule has 0 bridgehead atoms. The van der Waals surface area contributed by atoms with E-state index >= 15 is 0 Å². The van der Waals surface area contributed by atoms with Crippen LogP contribution in [-0.2, 0) is 4.74 Å². The second-order valence-corrected chi connectivity index (χ2v) is 5.33. The average Bonchev–Trinajstić information content (AvgIpc) is 2.84. The van der Waals surface area contributed by atoms with Gasteiger partial charge in [0.15, 0.2) is 0 Å². The Morgan fingerprint density at radius 3 is 3.33 bits per heavy atom. The third-order valence-electron chi connectivity index (χ3n) is 3.30. The quantitative estimate of drug-likeness (QED) is 0.729. The number of aryl methyl sites for hydroxylation is 1. The van der Waals surface area contributed by atoms with Crippen LogP contribution in [0.4, 0.5) is 0 Å². The van der Waals surface area contributed by atoms with Gasteiger partial charge < -0.3 is 4.74 Å². The first-order valence-electron chi connectivity index (χ1n) is 5.60. The number of nitrogens with zero attached hydrogens (tertiary/aromatic N) is 2. The zero-order valence-corrected chi connectivity index (χ0v) is 9.80. The Labute approximate surface area is 94.1 Å². The molecule has 2 fully saturated rings. The summed E-state index contributed by atoms with van der Waals surface area (Å²) in [7, 11) is 0. The number of thiazole rings is 1. The van der Waals surface area contributed by atoms with Crippen LogP contribution in [-0.4, -0.2) is 35.6 Å². The van der Waals surface area contributed by atoms with Gasteiger partial charge in [0.1, 0.15) is 11.1 Å². The third-order valence-corrected chi connectivity index (χ3v) is 4.36. The van der Waals surface area contributed by atoms with Crippen molar-refractivity contribution in [3.63, 3.8) is 0 Å². The van der Waals surface area contributed by atoms with Crippen LogP contribution in [0, 0.1) is 6.92 Å². The van der Waals surface area contributed by atoms with Crippen molar-refractivity contribution >= 4 is 11.3 Å². The highest BCUT2D eigenvalue weighted by molar-refractivity contribution is 7.09. The number of fused-ring (bicyclic) bond motifs is 1. The topological polar surface area (TPSA) is 25.4 Å². The molecule has 0 aromatic carbocycles. The van der Waals surface area contributed by atoms with Crippen molar-refractivity contribution in [3.8, 4) is 0 Å². The summed E-state index contributed by atoms with van der Waals surface area (Å²) in [4.78, 5) is 7.08. The summed E-state index contributed by atoms with van der Waals surface area (Å²) in [5.74, 6) is 0. The van der Waals surface area contributed by atoms with Crippen molar-refractivity contribution in [1.82, 2.24) is 9.88 Å². The van der Waals surface area contributed by atoms with E-state index in [2.05, 4.69) is 15.3 Å². The van der Waals surface area contributed by atoms with Crippen LogP contribution < -0.4 is 0 Å². The van der Waals surface area contributed by atoms with Crippen LogP contribution in [0.15, 0.2) is 5.38 Å². The molecular formula is C11H16N2OS. The maximum atomic E-state index is 5.90. The highest BCUT2D eigenvalue weighted by Gasteiger charge is 2.33. The first-order valence-corrected chi connectivity index (χ1v) is 6.48. The monoisotopic (exact) mass is 224 g/mol. The van der Waals surface area contributed by atoms with Crippen LogP contribution in [0.25, 0.3) is 0 Å². The molecule has 2 saturated heterocycles. The van der Waals surface area contributed by atoms with Crippen LogP contribution >= 0.6 is 11.3 Å². The molecule has 15 heavy (non-hydrogen) atoms. The number of hydrogen-bond donors (Lipinski definition) is 0. The highest BCUT2D eigenvalue weighted by Crippen LogP contribution is 2.31. The van der Waals surface area contributed by atoms with Crippen LogP contribution in [0.3, 0.4) is 0 Å². The van der Waals surface area contributed by atoms with Gasteiger partial charge >= 0.3 is 0 Å². The van der Waals surface area contributed by atoms with E-state index in [4.69, 9.17) is 4.74 Å². The zero-order valence-electron chi connectivity index (χ0n) is 8.98. The van der Waals surface area contributed by atoms with E-state index in [1.165, 1.54) is 19.4 Å². The highest BCUT2D eigenvalue weighted by atomic mass is 32.1. The third kappa shape index (κ3) is 1.82. The van der Waals surface area contributed by atoms with E-state index < -0.39 is 0 Å². The first kappa shape index (κ1) is 9.75. The Morgan fingerprint density at radius 2 is 2.53 bits per heavy atom. The second-order valence-electron chi connectivity index (χ2n) is 4.44. The summed E-state index contributed by atoms with van der Waals surface area (Å²) >= 11 is 1.73. The fraction of sp³-hybridized carbons (Fsp3) is 0.727. The molecule has 2 atom stereocenters. The molecule has 4 heteroatoms. The molecule has 0 amide bonds. The average molecular weight is 224 g/mol. The molecular weight excluding hydrogens is 208 g/mol. The summed E-state index contributed by atoms with van der Waals surface area (Å²) in [6, 6.07) is 0.683. The van der Waals surface area contributed by atoms with E-state index in [-0.39, 0.29) is 6.10 Å². The second kappa shape index (κ2) is 3.85. The molecule has 0 aliphatic carbocycles. The van der Waals surface area contributed by atoms with Gasteiger partial charge in [-0.25, -0.2) is 4.98 Å². The van der Waals surface area contributed by atoms with Crippen molar-refractivity contribution in [2.75, 3.05) is 19.7 Å². The summed E-state index contributed by atoms with van der Waals surface area (Å²) in [5.41, 5.74) is 1.11. The minimum Gasteiger partial charge on any atom is -0.368 e. The normalized spacial score (nSPS) is 31.8. The van der Waals surface area contributed by atoms with E-state index in [1.54, 1.807) is 11.3 Å². The largest absolute Gasteiger partial charge is 0.368 e. The fourth-order valence-electron chi connectivity index (χ4n) is 2.49. The molecule has 1 aromatic heterocycles. The Bertz CT molecular complexity index is 352. The van der Waals surface area contributed by atoms with Gasteiger partial charge in [0.2, 0.25) is 0 Å². The molecule has 82 valence electrons. The van der Waals surface area contributed by atoms with Crippen molar-refractivity contribution < 1.29 is 4.74 Å². The van der Waals surface area contributed by atoms with E-state index in [9.17, 15) is 0 Å². The molecule has 1 aromatic rings. The molecule has 3 nitrogen and oxygen atoms in total. The molecule has 0 saturated carbocycles. The van der Waals surface area contributed by atoms with Crippen molar-refractivity contribution in [1.29, 1.82) is 0 Å². The summed E-state index contributed by atoms with van der Waals surface area (Å²) in [6.07, 6.45) is 2.86. The van der Waals surface area contributed by atoms with Gasteiger partial charge in [0.05, 0.1) is 6.61 Å². The Balaban J connectivity index is 1.73. The number of rotatable bonds is 1. The van der Waals surface area contributed by atoms with Gasteiger partial charge in [-0.15, -0.1) is 11.3 Å². The van der Waals surface area contributed by atoms with E-state index in [0.29, 0.717) is 6.04 Å². The lowest BCUT2D eigenvalue weighted by atomic mass is 10.2. The SMILES string of the molecule is Cc1csc(C2CN3CCCC3CO2)n1. The minimum absolute atomic E-state index is 0.220. The van der Waals surface area contributed by atoms with Gasteiger partial charge in [-0.2, -0.15) is 0 Å². The Morgan fingerprint density at radius 1 is 1.60 bits per heavy atom. The van der Waals surface area contributed by atoms with Gasteiger partial charge in [-0.1, -0.05) is 0 Å². The minimum atomic E-state index is 0.220. The van der Waals surface area contributed by atoms with Gasteiger partial charge in [0.25, 0.3) is 0 Å². The number of ether oxygens (including phenoxy) is 1. The smallest absolute Gasteiger partial charge is 0.123 e. The fourth-order valence-corrected chi connectivity index (χ4v) is 3.32. The van der Waals surface area contributed by atoms with Crippen molar-refractivity contribution in [2.24, 2.45) is 0 Å². The Hall–Kier alpha value is -0.450. The number of aromatic nitrogens is 1. The van der Waals surface area contributed by atoms with E-state index in [0.717, 1.165) is 23.9 Å². The molecule has 0 radical (unpaired) electrons. The first-order chi connectivity index (χ1) is 7.33. The molecule has 3 heterocycles. The molecule has 0 N–H and O–H groups in total. The lowest BCUT2D eigenvalue weighted by Crippen LogP contribution is -2.42. The number of morpholine rings is 1.